The van der Waals surface area contributed by atoms with Crippen LogP contribution in [0.25, 0.3) is 65.0 Å². The van der Waals surface area contributed by atoms with Crippen molar-refractivity contribution in [2.24, 2.45) is 0 Å². The van der Waals surface area contributed by atoms with E-state index in [4.69, 9.17) is 0 Å². The molecule has 10 rings (SSSR count). The molecule has 0 fully saturated rings. The summed E-state index contributed by atoms with van der Waals surface area (Å²) in [4.78, 5) is 59.0. The number of aliphatic hydroxyl groups is 2. The van der Waals surface area contributed by atoms with Crippen molar-refractivity contribution in [1.82, 2.24) is 4.90 Å². The lowest BCUT2D eigenvalue weighted by atomic mass is 9.82. The maximum Gasteiger partial charge on any atom is 0.266 e. The van der Waals surface area contributed by atoms with Crippen LogP contribution in [0.2, 0.25) is 0 Å². The average molecular weight is 751 g/mol. The van der Waals surface area contributed by atoms with E-state index in [1.165, 1.54) is 4.90 Å². The molecule has 57 heavy (non-hydrogen) atoms. The van der Waals surface area contributed by atoms with Crippen LogP contribution < -0.4 is 4.90 Å². The molecule has 1 unspecified atom stereocenters. The summed E-state index contributed by atoms with van der Waals surface area (Å²) in [5.41, 5.74) is 6.12. The van der Waals surface area contributed by atoms with Gasteiger partial charge in [0.05, 0.1) is 24.9 Å². The average Bonchev–Trinajstić information content (AvgIpc) is 3.22. The predicted molar refractivity (Wildman–Crippen MR) is 225 cm³/mol. The SMILES string of the molecule is CC(C)c1cccc(C(C)C)c1N1C(=O)c2ccc3c4cccc5c(-c6ccc7c8c(cccc68)C(=O)N(CC(O)CO)C7=O)ccc(c6ccc(c2c36)C1=O)c54. The van der Waals surface area contributed by atoms with Gasteiger partial charge in [-0.3, -0.25) is 24.1 Å². The van der Waals surface area contributed by atoms with Crippen LogP contribution in [0.15, 0.2) is 103 Å². The number of carbonyl (C=O) groups excluding carboxylic acids is 4. The number of imide groups is 2. The Kier molecular flexibility index (Phi) is 7.68. The Morgan fingerprint density at radius 2 is 0.877 bits per heavy atom. The van der Waals surface area contributed by atoms with Gasteiger partial charge in [0.1, 0.15) is 0 Å². The quantitative estimate of drug-likeness (QED) is 0.0953. The molecule has 0 bridgehead atoms. The van der Waals surface area contributed by atoms with E-state index in [1.807, 2.05) is 60.7 Å². The van der Waals surface area contributed by atoms with Crippen LogP contribution in [0.5, 0.6) is 0 Å². The van der Waals surface area contributed by atoms with E-state index in [2.05, 4.69) is 52.0 Å². The largest absolute Gasteiger partial charge is 0.394 e. The van der Waals surface area contributed by atoms with E-state index in [0.717, 1.165) is 70.2 Å². The summed E-state index contributed by atoms with van der Waals surface area (Å²) in [5.74, 6) is -1.47. The van der Waals surface area contributed by atoms with Crippen molar-refractivity contribution in [2.45, 2.75) is 45.6 Å². The number of aliphatic hydroxyl groups excluding tert-OH is 2. The monoisotopic (exact) mass is 750 g/mol. The summed E-state index contributed by atoms with van der Waals surface area (Å²) in [6, 6.07) is 33.2. The molecule has 0 saturated carbocycles. The first kappa shape index (κ1) is 35.0. The van der Waals surface area contributed by atoms with Gasteiger partial charge in [-0.15, -0.1) is 0 Å². The number of carbonyl (C=O) groups is 4. The van der Waals surface area contributed by atoms with E-state index in [0.29, 0.717) is 38.7 Å². The molecule has 2 heterocycles. The summed E-state index contributed by atoms with van der Waals surface area (Å²) in [6.07, 6.45) is -1.24. The van der Waals surface area contributed by atoms with Gasteiger partial charge in [0.25, 0.3) is 23.6 Å². The lowest BCUT2D eigenvalue weighted by Crippen LogP contribution is -2.45. The lowest BCUT2D eigenvalue weighted by molar-refractivity contribution is 0.0391. The number of rotatable bonds is 7. The topological polar surface area (TPSA) is 115 Å². The van der Waals surface area contributed by atoms with Crippen LogP contribution >= 0.6 is 0 Å². The number of hydrogen-bond donors (Lipinski definition) is 2. The number of amides is 4. The third kappa shape index (κ3) is 4.74. The van der Waals surface area contributed by atoms with Gasteiger partial charge in [0.2, 0.25) is 0 Å². The Hall–Kier alpha value is -6.48. The maximum absolute atomic E-state index is 14.7. The predicted octanol–water partition coefficient (Wildman–Crippen LogP) is 9.55. The Labute approximate surface area is 327 Å². The second-order valence-electron chi connectivity index (χ2n) is 15.9. The van der Waals surface area contributed by atoms with Gasteiger partial charge in [-0.25, -0.2) is 4.90 Å². The summed E-state index contributed by atoms with van der Waals surface area (Å²) < 4.78 is 0. The number of benzene rings is 8. The molecule has 8 aromatic rings. The minimum absolute atomic E-state index is 0.0976. The molecule has 2 aliphatic heterocycles. The second kappa shape index (κ2) is 12.5. The normalized spacial score (nSPS) is 14.9. The molecule has 8 nitrogen and oxygen atoms in total. The fraction of sp³-hybridized carbons (Fsp3) is 0.184. The van der Waals surface area contributed by atoms with Gasteiger partial charge < -0.3 is 10.2 Å². The fourth-order valence-electron chi connectivity index (χ4n) is 9.51. The lowest BCUT2D eigenvalue weighted by Gasteiger charge is -2.32. The number of fused-ring (bicyclic) bond motifs is 2. The van der Waals surface area contributed by atoms with E-state index in [-0.39, 0.29) is 30.2 Å². The number of anilines is 1. The summed E-state index contributed by atoms with van der Waals surface area (Å²) in [5, 5.41) is 28.3. The van der Waals surface area contributed by atoms with Crippen molar-refractivity contribution in [2.75, 3.05) is 18.1 Å². The van der Waals surface area contributed by atoms with Crippen molar-refractivity contribution >= 4 is 83.2 Å². The van der Waals surface area contributed by atoms with Gasteiger partial charge in [0.15, 0.2) is 0 Å². The highest BCUT2D eigenvalue weighted by molar-refractivity contribution is 6.43. The Bertz CT molecular complexity index is 2990. The highest BCUT2D eigenvalue weighted by Crippen LogP contribution is 2.48. The number of nitrogens with zero attached hydrogens (tertiary/aromatic N) is 2. The number of β-amino-alcohol motifs (C(OH)–C–C–N with tert-alkyl or cyclic N) is 1. The van der Waals surface area contributed by atoms with Crippen LogP contribution in [0.4, 0.5) is 5.69 Å². The van der Waals surface area contributed by atoms with E-state index in [1.54, 1.807) is 18.2 Å². The third-order valence-electron chi connectivity index (χ3n) is 12.1. The summed E-state index contributed by atoms with van der Waals surface area (Å²) in [6.45, 7) is 7.46. The third-order valence-corrected chi connectivity index (χ3v) is 12.1. The van der Waals surface area contributed by atoms with Crippen LogP contribution in [0.1, 0.15) is 92.1 Å². The van der Waals surface area contributed by atoms with Crippen LogP contribution in [-0.4, -0.2) is 58.0 Å². The van der Waals surface area contributed by atoms with Gasteiger partial charge >= 0.3 is 0 Å². The number of para-hydroxylation sites is 1. The first-order valence-corrected chi connectivity index (χ1v) is 19.4. The Morgan fingerprint density at radius 1 is 0.456 bits per heavy atom. The molecule has 8 aromatic carbocycles. The molecular weight excluding hydrogens is 713 g/mol. The zero-order valence-corrected chi connectivity index (χ0v) is 31.9. The summed E-state index contributed by atoms with van der Waals surface area (Å²) in [7, 11) is 0. The van der Waals surface area contributed by atoms with Crippen molar-refractivity contribution in [1.29, 1.82) is 0 Å². The van der Waals surface area contributed by atoms with Crippen molar-refractivity contribution in [3.63, 3.8) is 0 Å². The highest BCUT2D eigenvalue weighted by Gasteiger charge is 2.38. The standard InChI is InChI=1S/C49H38N2O6/c1-24(2)27-8-5-9-28(25(3)4)45(27)51-48(56)39-20-17-35-33-12-6-10-31-29(14-16-34(41(31)33)36-18-21-40(49(51)57)44(39)43(35)36)30-15-19-38-42-32(30)11-7-13-37(42)46(54)50(47(38)55)22-26(53)23-52/h5-21,24-26,52-53H,22-23H2,1-4H3. The highest BCUT2D eigenvalue weighted by atomic mass is 16.3. The molecule has 0 aliphatic carbocycles. The molecule has 8 heteroatoms. The van der Waals surface area contributed by atoms with Gasteiger partial charge in [-0.05, 0) is 101 Å². The molecule has 280 valence electrons. The molecule has 0 saturated heterocycles. The molecule has 0 spiro atoms. The minimum Gasteiger partial charge on any atom is -0.394 e. The molecule has 0 radical (unpaired) electrons. The van der Waals surface area contributed by atoms with Crippen molar-refractivity contribution < 1.29 is 29.4 Å². The smallest absolute Gasteiger partial charge is 0.266 e. The van der Waals surface area contributed by atoms with Crippen molar-refractivity contribution in [3.05, 3.63) is 137 Å². The Morgan fingerprint density at radius 3 is 1.46 bits per heavy atom. The zero-order valence-electron chi connectivity index (χ0n) is 31.9. The molecule has 1 atom stereocenters. The Balaban J connectivity index is 1.18. The molecule has 0 aromatic heterocycles. The first-order valence-electron chi connectivity index (χ1n) is 19.4. The number of hydrogen-bond acceptors (Lipinski definition) is 6. The molecular formula is C49H38N2O6. The van der Waals surface area contributed by atoms with Crippen LogP contribution in [0.3, 0.4) is 0 Å². The molecule has 4 amide bonds. The van der Waals surface area contributed by atoms with Gasteiger partial charge in [-0.1, -0.05) is 107 Å². The fourth-order valence-corrected chi connectivity index (χ4v) is 9.51. The minimum atomic E-state index is -1.24. The zero-order chi connectivity index (χ0) is 39.6. The van der Waals surface area contributed by atoms with Gasteiger partial charge in [0, 0.05) is 33.0 Å². The van der Waals surface area contributed by atoms with E-state index >= 15 is 0 Å². The second-order valence-corrected chi connectivity index (χ2v) is 15.9. The van der Waals surface area contributed by atoms with Crippen molar-refractivity contribution in [3.8, 4) is 11.1 Å². The molecule has 2 N–H and O–H groups in total. The first-order chi connectivity index (χ1) is 27.5. The maximum atomic E-state index is 14.7. The van der Waals surface area contributed by atoms with Crippen LogP contribution in [0, 0.1) is 0 Å². The van der Waals surface area contributed by atoms with Gasteiger partial charge in [-0.2, -0.15) is 0 Å². The summed E-state index contributed by atoms with van der Waals surface area (Å²) >= 11 is 0. The van der Waals surface area contributed by atoms with Crippen LogP contribution in [-0.2, 0) is 0 Å². The molecule has 2 aliphatic rings. The van der Waals surface area contributed by atoms with E-state index in [9.17, 15) is 29.4 Å². The van der Waals surface area contributed by atoms with E-state index < -0.39 is 24.5 Å².